The van der Waals surface area contributed by atoms with Crippen LogP contribution in [-0.4, -0.2) is 37.2 Å². The summed E-state index contributed by atoms with van der Waals surface area (Å²) in [4.78, 5) is 26.3. The molecule has 0 spiro atoms. The summed E-state index contributed by atoms with van der Waals surface area (Å²) in [6.07, 6.45) is 0.142. The fraction of sp³-hybridized carbons (Fsp3) is 0.286. The van der Waals surface area contributed by atoms with Crippen LogP contribution in [0.15, 0.2) is 36.4 Å². The van der Waals surface area contributed by atoms with Crippen LogP contribution < -0.4 is 9.64 Å². The van der Waals surface area contributed by atoms with Gasteiger partial charge in [-0.05, 0) is 55.3 Å². The van der Waals surface area contributed by atoms with E-state index in [4.69, 9.17) is 14.7 Å². The number of nitrogens with zero attached hydrogens (tertiary/aromatic N) is 2. The number of phenols is 1. The third-order valence-electron chi connectivity index (χ3n) is 4.02. The van der Waals surface area contributed by atoms with Gasteiger partial charge in [0, 0.05) is 12.2 Å². The standard InChI is InChI=1S/C21H22N2O5/c1-14-9-15(2)11-16(10-14)23(8-4-7-22)20(25)13-28-21(26)18-12-17(27-3)5-6-19(18)24/h5-6,9-12,24H,4,8,13H2,1-3H3. The molecule has 7 heteroatoms. The van der Waals surface area contributed by atoms with Gasteiger partial charge in [0.1, 0.15) is 17.1 Å². The second kappa shape index (κ2) is 9.42. The number of ether oxygens (including phenoxy) is 2. The summed E-state index contributed by atoms with van der Waals surface area (Å²) < 4.78 is 10.1. The number of hydrogen-bond acceptors (Lipinski definition) is 6. The highest BCUT2D eigenvalue weighted by atomic mass is 16.5. The van der Waals surface area contributed by atoms with Crippen LogP contribution in [-0.2, 0) is 9.53 Å². The van der Waals surface area contributed by atoms with Crippen molar-refractivity contribution in [1.29, 1.82) is 5.26 Å². The molecule has 28 heavy (non-hydrogen) atoms. The highest BCUT2D eigenvalue weighted by Gasteiger charge is 2.20. The van der Waals surface area contributed by atoms with E-state index in [1.54, 1.807) is 0 Å². The fourth-order valence-electron chi connectivity index (χ4n) is 2.75. The number of rotatable bonds is 7. The van der Waals surface area contributed by atoms with Crippen molar-refractivity contribution in [3.8, 4) is 17.6 Å². The Morgan fingerprint density at radius 2 is 1.82 bits per heavy atom. The number of phenolic OH excluding ortho intramolecular Hbond substituents is 1. The number of benzene rings is 2. The summed E-state index contributed by atoms with van der Waals surface area (Å²) in [5.74, 6) is -1.20. The molecule has 0 atom stereocenters. The molecule has 1 N–H and O–H groups in total. The molecule has 0 unspecified atom stereocenters. The van der Waals surface area contributed by atoms with Gasteiger partial charge in [0.25, 0.3) is 5.91 Å². The van der Waals surface area contributed by atoms with Gasteiger partial charge in [-0.15, -0.1) is 0 Å². The normalized spacial score (nSPS) is 10.1. The maximum Gasteiger partial charge on any atom is 0.342 e. The van der Waals surface area contributed by atoms with Crippen molar-refractivity contribution in [2.24, 2.45) is 0 Å². The number of carbonyl (C=O) groups is 2. The van der Waals surface area contributed by atoms with Crippen LogP contribution >= 0.6 is 0 Å². The Kier molecular flexibility index (Phi) is 6.99. The van der Waals surface area contributed by atoms with Gasteiger partial charge in [0.2, 0.25) is 0 Å². The van der Waals surface area contributed by atoms with Crippen LogP contribution in [0.25, 0.3) is 0 Å². The van der Waals surface area contributed by atoms with Gasteiger partial charge < -0.3 is 19.5 Å². The van der Waals surface area contributed by atoms with E-state index in [-0.39, 0.29) is 24.3 Å². The average molecular weight is 382 g/mol. The van der Waals surface area contributed by atoms with E-state index in [0.717, 1.165) is 11.1 Å². The zero-order valence-corrected chi connectivity index (χ0v) is 16.1. The van der Waals surface area contributed by atoms with Crippen molar-refractivity contribution in [3.05, 3.63) is 53.1 Å². The van der Waals surface area contributed by atoms with Crippen molar-refractivity contribution >= 4 is 17.6 Å². The van der Waals surface area contributed by atoms with E-state index in [0.29, 0.717) is 11.4 Å². The van der Waals surface area contributed by atoms with Gasteiger partial charge in [-0.3, -0.25) is 4.79 Å². The van der Waals surface area contributed by atoms with E-state index in [1.807, 2.05) is 38.1 Å². The zero-order valence-electron chi connectivity index (χ0n) is 16.1. The second-order valence-corrected chi connectivity index (χ2v) is 6.26. The molecular weight excluding hydrogens is 360 g/mol. The monoisotopic (exact) mass is 382 g/mol. The molecule has 0 heterocycles. The molecule has 0 bridgehead atoms. The molecule has 7 nitrogen and oxygen atoms in total. The van der Waals surface area contributed by atoms with E-state index < -0.39 is 18.5 Å². The maximum atomic E-state index is 12.7. The number of hydrogen-bond donors (Lipinski definition) is 1. The Morgan fingerprint density at radius 3 is 2.43 bits per heavy atom. The molecule has 0 aliphatic rings. The van der Waals surface area contributed by atoms with Gasteiger partial charge in [-0.25, -0.2) is 4.79 Å². The molecule has 2 aromatic rings. The lowest BCUT2D eigenvalue weighted by Crippen LogP contribution is -2.35. The first kappa shape index (κ1) is 20.8. The van der Waals surface area contributed by atoms with Crippen LogP contribution in [0.5, 0.6) is 11.5 Å². The van der Waals surface area contributed by atoms with Gasteiger partial charge in [0.05, 0.1) is 19.6 Å². The highest BCUT2D eigenvalue weighted by Crippen LogP contribution is 2.24. The Hall–Kier alpha value is -3.53. The van der Waals surface area contributed by atoms with E-state index in [9.17, 15) is 14.7 Å². The first-order chi connectivity index (χ1) is 13.3. The Balaban J connectivity index is 2.15. The SMILES string of the molecule is COc1ccc(O)c(C(=O)OCC(=O)N(CCC#N)c2cc(C)cc(C)c2)c1. The summed E-state index contributed by atoms with van der Waals surface area (Å²) >= 11 is 0. The predicted molar refractivity (Wildman–Crippen MR) is 103 cm³/mol. The minimum Gasteiger partial charge on any atom is -0.507 e. The molecular formula is C21H22N2O5. The minimum absolute atomic E-state index is 0.0953. The van der Waals surface area contributed by atoms with Gasteiger partial charge >= 0.3 is 5.97 Å². The summed E-state index contributed by atoms with van der Waals surface area (Å²) in [6.45, 7) is 3.48. The Labute approximate surface area is 163 Å². The van der Waals surface area contributed by atoms with Gasteiger partial charge in [0.15, 0.2) is 6.61 Å². The van der Waals surface area contributed by atoms with Crippen molar-refractivity contribution in [2.45, 2.75) is 20.3 Å². The smallest absolute Gasteiger partial charge is 0.342 e. The number of esters is 1. The average Bonchev–Trinajstić information content (AvgIpc) is 2.66. The van der Waals surface area contributed by atoms with Crippen LogP contribution in [0.3, 0.4) is 0 Å². The van der Waals surface area contributed by atoms with E-state index in [1.165, 1.54) is 30.2 Å². The van der Waals surface area contributed by atoms with Crippen molar-refractivity contribution in [3.63, 3.8) is 0 Å². The van der Waals surface area contributed by atoms with Crippen molar-refractivity contribution in [2.75, 3.05) is 25.2 Å². The third-order valence-corrected chi connectivity index (χ3v) is 4.02. The lowest BCUT2D eigenvalue weighted by molar-refractivity contribution is -0.121. The third kappa shape index (κ3) is 5.24. The number of carbonyl (C=O) groups excluding carboxylic acids is 2. The second-order valence-electron chi connectivity index (χ2n) is 6.26. The molecule has 0 fully saturated rings. The largest absolute Gasteiger partial charge is 0.507 e. The van der Waals surface area contributed by atoms with Crippen LogP contribution in [0, 0.1) is 25.2 Å². The molecule has 0 saturated heterocycles. The summed E-state index contributed by atoms with van der Waals surface area (Å²) in [6, 6.07) is 11.8. The number of aryl methyl sites for hydroxylation is 2. The predicted octanol–water partition coefficient (Wildman–Crippen LogP) is 3.12. The summed E-state index contributed by atoms with van der Waals surface area (Å²) in [5, 5.41) is 18.7. The molecule has 2 aromatic carbocycles. The van der Waals surface area contributed by atoms with Gasteiger partial charge in [-0.2, -0.15) is 5.26 Å². The molecule has 146 valence electrons. The quantitative estimate of drug-likeness (QED) is 0.739. The fourth-order valence-corrected chi connectivity index (χ4v) is 2.75. The number of amides is 1. The van der Waals surface area contributed by atoms with Crippen molar-refractivity contribution < 1.29 is 24.2 Å². The highest BCUT2D eigenvalue weighted by molar-refractivity contribution is 5.98. The van der Waals surface area contributed by atoms with E-state index in [2.05, 4.69) is 0 Å². The number of aromatic hydroxyl groups is 1. The van der Waals surface area contributed by atoms with Crippen molar-refractivity contribution in [1.82, 2.24) is 0 Å². The van der Waals surface area contributed by atoms with Crippen LogP contribution in [0.2, 0.25) is 0 Å². The molecule has 0 aliphatic heterocycles. The number of methoxy groups -OCH3 is 1. The molecule has 2 rings (SSSR count). The number of nitriles is 1. The zero-order chi connectivity index (χ0) is 20.7. The minimum atomic E-state index is -0.842. The molecule has 1 amide bonds. The van der Waals surface area contributed by atoms with Crippen LogP contribution in [0.4, 0.5) is 5.69 Å². The van der Waals surface area contributed by atoms with E-state index >= 15 is 0 Å². The summed E-state index contributed by atoms with van der Waals surface area (Å²) in [7, 11) is 1.43. The molecule has 0 radical (unpaired) electrons. The first-order valence-electron chi connectivity index (χ1n) is 8.65. The number of anilines is 1. The maximum absolute atomic E-state index is 12.7. The topological polar surface area (TPSA) is 99.9 Å². The Bertz CT molecular complexity index is 897. The molecule has 0 saturated carbocycles. The Morgan fingerprint density at radius 1 is 1.14 bits per heavy atom. The van der Waals surface area contributed by atoms with Crippen LogP contribution in [0.1, 0.15) is 27.9 Å². The van der Waals surface area contributed by atoms with Gasteiger partial charge in [-0.1, -0.05) is 6.07 Å². The molecule has 0 aromatic heterocycles. The first-order valence-corrected chi connectivity index (χ1v) is 8.65. The summed E-state index contributed by atoms with van der Waals surface area (Å²) in [5.41, 5.74) is 2.49. The molecule has 0 aliphatic carbocycles. The lowest BCUT2D eigenvalue weighted by Gasteiger charge is -2.22. The lowest BCUT2D eigenvalue weighted by atomic mass is 10.1.